The highest BCUT2D eigenvalue weighted by Crippen LogP contribution is 2.40. The molecule has 6 nitrogen and oxygen atoms in total. The van der Waals surface area contributed by atoms with E-state index < -0.39 is 20.7 Å². The Morgan fingerprint density at radius 1 is 1.23 bits per heavy atom. The fraction of sp³-hybridized carbons (Fsp3) is 0.333. The fourth-order valence-corrected chi connectivity index (χ4v) is 4.05. The van der Waals surface area contributed by atoms with Gasteiger partial charge in [-0.2, -0.15) is 0 Å². The van der Waals surface area contributed by atoms with E-state index in [4.69, 9.17) is 9.47 Å². The molecule has 1 N–H and O–H groups in total. The molecule has 1 heterocycles. The van der Waals surface area contributed by atoms with Crippen LogP contribution in [0.25, 0.3) is 0 Å². The van der Waals surface area contributed by atoms with Gasteiger partial charge in [-0.15, -0.1) is 0 Å². The van der Waals surface area contributed by atoms with Crippen LogP contribution in [-0.2, 0) is 16.4 Å². The van der Waals surface area contributed by atoms with Crippen LogP contribution in [0.1, 0.15) is 5.56 Å². The number of sulfonamides is 1. The topological polar surface area (TPSA) is 67.9 Å². The highest BCUT2D eigenvalue weighted by molar-refractivity contribution is 7.92. The van der Waals surface area contributed by atoms with Gasteiger partial charge in [0.05, 0.1) is 12.8 Å². The third-order valence-electron chi connectivity index (χ3n) is 4.40. The lowest BCUT2D eigenvalue weighted by molar-refractivity contribution is 0.164. The normalized spacial score (nSPS) is 16.7. The zero-order valence-corrected chi connectivity index (χ0v) is 15.6. The molecule has 0 amide bonds. The predicted octanol–water partition coefficient (Wildman–Crippen LogP) is 2.50. The minimum absolute atomic E-state index is 0.148. The maximum Gasteiger partial charge on any atom is 0.264 e. The van der Waals surface area contributed by atoms with Gasteiger partial charge in [0.2, 0.25) is 0 Å². The molecular formula is C18H21FN2O4S. The zero-order chi connectivity index (χ0) is 18.9. The van der Waals surface area contributed by atoms with Crippen molar-refractivity contribution in [3.05, 3.63) is 47.8 Å². The van der Waals surface area contributed by atoms with E-state index in [1.165, 1.54) is 18.2 Å². The Labute approximate surface area is 152 Å². The third-order valence-corrected chi connectivity index (χ3v) is 5.80. The number of nitrogens with one attached hydrogen (secondary N) is 1. The standard InChI is InChI=1S/C18H21FN2O4S/c1-21(2)12-10-13-16(24-3)9-8-15(18(13)25-11-12)20-26(22,23)17-7-5-4-6-14(17)19/h4-9,12,20H,10-11H2,1-3H3/t12-/m1/s1. The van der Waals surface area contributed by atoms with Gasteiger partial charge in [0.25, 0.3) is 10.0 Å². The number of halogens is 1. The van der Waals surface area contributed by atoms with Crippen molar-refractivity contribution < 1.29 is 22.3 Å². The first-order valence-electron chi connectivity index (χ1n) is 8.10. The highest BCUT2D eigenvalue weighted by atomic mass is 32.2. The first-order valence-corrected chi connectivity index (χ1v) is 9.58. The monoisotopic (exact) mass is 380 g/mol. The van der Waals surface area contributed by atoms with Crippen LogP contribution in [0.3, 0.4) is 0 Å². The number of anilines is 1. The van der Waals surface area contributed by atoms with E-state index in [-0.39, 0.29) is 11.7 Å². The van der Waals surface area contributed by atoms with Crippen molar-refractivity contribution in [3.63, 3.8) is 0 Å². The van der Waals surface area contributed by atoms with Gasteiger partial charge in [0, 0.05) is 11.6 Å². The third kappa shape index (κ3) is 3.47. The molecule has 26 heavy (non-hydrogen) atoms. The number of nitrogens with zero attached hydrogens (tertiary/aromatic N) is 1. The van der Waals surface area contributed by atoms with Crippen molar-refractivity contribution in [2.75, 3.05) is 32.5 Å². The molecular weight excluding hydrogens is 359 g/mol. The number of ether oxygens (including phenoxy) is 2. The minimum atomic E-state index is -4.08. The fourth-order valence-electron chi connectivity index (χ4n) is 2.91. The molecule has 140 valence electrons. The summed E-state index contributed by atoms with van der Waals surface area (Å²) in [7, 11) is 1.38. The number of benzene rings is 2. The molecule has 1 atom stereocenters. The molecule has 0 bridgehead atoms. The zero-order valence-electron chi connectivity index (χ0n) is 14.8. The largest absolute Gasteiger partial charge is 0.496 e. The summed E-state index contributed by atoms with van der Waals surface area (Å²) in [6, 6.07) is 8.63. The van der Waals surface area contributed by atoms with Gasteiger partial charge < -0.3 is 14.4 Å². The molecule has 8 heteroatoms. The number of hydrogen-bond acceptors (Lipinski definition) is 5. The van der Waals surface area contributed by atoms with Crippen molar-refractivity contribution in [1.82, 2.24) is 4.90 Å². The van der Waals surface area contributed by atoms with Gasteiger partial charge in [-0.25, -0.2) is 12.8 Å². The summed E-state index contributed by atoms with van der Waals surface area (Å²) < 4.78 is 52.8. The van der Waals surface area contributed by atoms with Crippen molar-refractivity contribution in [2.24, 2.45) is 0 Å². The molecule has 0 spiro atoms. The van der Waals surface area contributed by atoms with Crippen LogP contribution in [0.15, 0.2) is 41.3 Å². The quantitative estimate of drug-likeness (QED) is 0.863. The molecule has 3 rings (SSSR count). The lowest BCUT2D eigenvalue weighted by atomic mass is 10.00. The van der Waals surface area contributed by atoms with E-state index in [0.29, 0.717) is 24.5 Å². The summed E-state index contributed by atoms with van der Waals surface area (Å²) in [5.41, 5.74) is 1.05. The first kappa shape index (κ1) is 18.5. The Morgan fingerprint density at radius 2 is 1.96 bits per heavy atom. The molecule has 1 aliphatic heterocycles. The minimum Gasteiger partial charge on any atom is -0.496 e. The van der Waals surface area contributed by atoms with Gasteiger partial charge in [-0.05, 0) is 44.8 Å². The molecule has 0 fully saturated rings. The Bertz CT molecular complexity index is 915. The van der Waals surface area contributed by atoms with Gasteiger partial charge in [0.1, 0.15) is 28.8 Å². The van der Waals surface area contributed by atoms with Gasteiger partial charge in [0.15, 0.2) is 0 Å². The van der Waals surface area contributed by atoms with Crippen molar-refractivity contribution >= 4 is 15.7 Å². The Kier molecular flexibility index (Phi) is 5.06. The smallest absolute Gasteiger partial charge is 0.264 e. The van der Waals surface area contributed by atoms with Crippen LogP contribution in [0, 0.1) is 5.82 Å². The molecule has 0 radical (unpaired) electrons. The second-order valence-corrected chi connectivity index (χ2v) is 7.94. The van der Waals surface area contributed by atoms with Crippen LogP contribution in [0.4, 0.5) is 10.1 Å². The van der Waals surface area contributed by atoms with Crippen LogP contribution in [0.2, 0.25) is 0 Å². The van der Waals surface area contributed by atoms with Gasteiger partial charge in [-0.1, -0.05) is 12.1 Å². The summed E-state index contributed by atoms with van der Waals surface area (Å²) in [6.07, 6.45) is 0.654. The SMILES string of the molecule is COc1ccc(NS(=O)(=O)c2ccccc2F)c2c1C[C@@H](N(C)C)CO2. The molecule has 1 aliphatic rings. The molecule has 2 aromatic rings. The Morgan fingerprint density at radius 3 is 2.62 bits per heavy atom. The average molecular weight is 380 g/mol. The lowest BCUT2D eigenvalue weighted by Gasteiger charge is -2.32. The van der Waals surface area contributed by atoms with Crippen molar-refractivity contribution in [2.45, 2.75) is 17.4 Å². The van der Waals surface area contributed by atoms with Crippen LogP contribution >= 0.6 is 0 Å². The van der Waals surface area contributed by atoms with Crippen LogP contribution in [-0.4, -0.2) is 47.2 Å². The summed E-state index contributed by atoms with van der Waals surface area (Å²) in [6.45, 7) is 0.418. The second-order valence-electron chi connectivity index (χ2n) is 6.29. The Balaban J connectivity index is 2.00. The first-order chi connectivity index (χ1) is 12.3. The second kappa shape index (κ2) is 7.13. The number of hydrogen-bond donors (Lipinski definition) is 1. The Hall–Kier alpha value is -2.32. The molecule has 0 saturated heterocycles. The number of likely N-dealkylation sites (N-methyl/N-ethyl adjacent to an activating group) is 1. The summed E-state index contributed by atoms with van der Waals surface area (Å²) in [5, 5.41) is 0. The van der Waals surface area contributed by atoms with Crippen molar-refractivity contribution in [3.8, 4) is 11.5 Å². The summed E-state index contributed by atoms with van der Waals surface area (Å²) >= 11 is 0. The van der Waals surface area contributed by atoms with Gasteiger partial charge >= 0.3 is 0 Å². The van der Waals surface area contributed by atoms with Crippen LogP contribution in [0.5, 0.6) is 11.5 Å². The molecule has 0 aromatic heterocycles. The summed E-state index contributed by atoms with van der Waals surface area (Å²) in [4.78, 5) is 1.63. The predicted molar refractivity (Wildman–Crippen MR) is 96.9 cm³/mol. The number of methoxy groups -OCH3 is 1. The van der Waals surface area contributed by atoms with Gasteiger partial charge in [-0.3, -0.25) is 4.72 Å². The average Bonchev–Trinajstić information content (AvgIpc) is 2.61. The van der Waals surface area contributed by atoms with E-state index >= 15 is 0 Å². The lowest BCUT2D eigenvalue weighted by Crippen LogP contribution is -2.38. The highest BCUT2D eigenvalue weighted by Gasteiger charge is 2.29. The maximum absolute atomic E-state index is 13.9. The number of rotatable bonds is 5. The van der Waals surface area contributed by atoms with E-state index in [2.05, 4.69) is 4.72 Å². The van der Waals surface area contributed by atoms with Crippen molar-refractivity contribution in [1.29, 1.82) is 0 Å². The molecule has 0 unspecified atom stereocenters. The van der Waals surface area contributed by atoms with E-state index in [9.17, 15) is 12.8 Å². The van der Waals surface area contributed by atoms with E-state index in [0.717, 1.165) is 11.6 Å². The van der Waals surface area contributed by atoms with E-state index in [1.807, 2.05) is 19.0 Å². The molecule has 0 saturated carbocycles. The number of fused-ring (bicyclic) bond motifs is 1. The van der Waals surface area contributed by atoms with E-state index in [1.54, 1.807) is 19.2 Å². The maximum atomic E-state index is 13.9. The molecule has 2 aromatic carbocycles. The molecule has 0 aliphatic carbocycles. The van der Waals surface area contributed by atoms with Crippen LogP contribution < -0.4 is 14.2 Å². The summed E-state index contributed by atoms with van der Waals surface area (Å²) in [5.74, 6) is 0.235.